The molecule has 1 amide bonds. The highest BCUT2D eigenvalue weighted by Gasteiger charge is 2.33. The first kappa shape index (κ1) is 17.9. The van der Waals surface area contributed by atoms with Gasteiger partial charge < -0.3 is 10.1 Å². The monoisotopic (exact) mass is 331 g/mol. The predicted molar refractivity (Wildman–Crippen MR) is 85.4 cm³/mol. The molecular weight excluding hydrogens is 310 g/mol. The van der Waals surface area contributed by atoms with Crippen LogP contribution in [0.25, 0.3) is 0 Å². The van der Waals surface area contributed by atoms with Crippen LogP contribution in [0.1, 0.15) is 36.4 Å². The van der Waals surface area contributed by atoms with E-state index in [9.17, 15) is 9.59 Å². The molecule has 0 aliphatic carbocycles. The van der Waals surface area contributed by atoms with Gasteiger partial charge in [0.2, 0.25) is 5.91 Å². The molecule has 128 valence electrons. The lowest BCUT2D eigenvalue weighted by Gasteiger charge is -2.17. The topological polar surface area (TPSA) is 91.7 Å². The number of methoxy groups -OCH3 is 1. The van der Waals surface area contributed by atoms with Crippen molar-refractivity contribution in [3.8, 4) is 6.07 Å². The number of rotatable bonds is 6. The van der Waals surface area contributed by atoms with E-state index in [1.165, 1.54) is 7.11 Å². The molecule has 7 heteroatoms. The lowest BCUT2D eigenvalue weighted by molar-refractivity contribution is -0.151. The Bertz CT molecular complexity index is 624. The Morgan fingerprint density at radius 2 is 2.12 bits per heavy atom. The fourth-order valence-electron chi connectivity index (χ4n) is 2.68. The van der Waals surface area contributed by atoms with Crippen LogP contribution in [0.3, 0.4) is 0 Å². The Labute approximate surface area is 141 Å². The molecule has 0 saturated carbocycles. The molecular formula is C17H21N3O4. The number of amides is 1. The molecule has 1 aliphatic heterocycles. The zero-order valence-corrected chi connectivity index (χ0v) is 13.8. The number of ether oxygens (including phenoxy) is 1. The first-order valence-electron chi connectivity index (χ1n) is 7.76. The molecule has 0 unspecified atom stereocenters. The number of nitrogens with zero attached hydrogens (tertiary/aromatic N) is 2. The summed E-state index contributed by atoms with van der Waals surface area (Å²) in [5.41, 5.74) is 1.66. The van der Waals surface area contributed by atoms with E-state index in [-0.39, 0.29) is 43.4 Å². The maximum Gasteiger partial charge on any atom is 0.307 e. The van der Waals surface area contributed by atoms with Gasteiger partial charge in [-0.15, -0.1) is 0 Å². The van der Waals surface area contributed by atoms with Gasteiger partial charge in [-0.05, 0) is 24.1 Å². The molecule has 1 N–H and O–H groups in total. The standard InChI is InChI=1S/C17H21N3O4/c1-20-15(13-5-3-12(11-18)4-6-13)9-14(24-20)10-16(21)19-8-7-17(22)23-2/h3-6,14-15H,7-10H2,1-2H3,(H,19,21)/t14-,15+/m1/s1. The second kappa shape index (κ2) is 8.43. The summed E-state index contributed by atoms with van der Waals surface area (Å²) in [6.45, 7) is 0.257. The van der Waals surface area contributed by atoms with E-state index in [4.69, 9.17) is 10.1 Å². The van der Waals surface area contributed by atoms with Crippen molar-refractivity contribution in [1.82, 2.24) is 10.4 Å². The largest absolute Gasteiger partial charge is 0.469 e. The molecule has 24 heavy (non-hydrogen) atoms. The van der Waals surface area contributed by atoms with Crippen molar-refractivity contribution in [3.05, 3.63) is 35.4 Å². The van der Waals surface area contributed by atoms with Gasteiger partial charge in [-0.25, -0.2) is 0 Å². The minimum absolute atomic E-state index is 0.0469. The number of benzene rings is 1. The average Bonchev–Trinajstić information content (AvgIpc) is 2.94. The van der Waals surface area contributed by atoms with Crippen molar-refractivity contribution >= 4 is 11.9 Å². The number of carbonyl (C=O) groups is 2. The van der Waals surface area contributed by atoms with Gasteiger partial charge in [-0.3, -0.25) is 14.4 Å². The Kier molecular flexibility index (Phi) is 6.29. The lowest BCUT2D eigenvalue weighted by atomic mass is 9.99. The number of esters is 1. The molecule has 1 aromatic rings. The Balaban J connectivity index is 1.83. The van der Waals surface area contributed by atoms with Gasteiger partial charge in [0, 0.05) is 13.6 Å². The second-order valence-corrected chi connectivity index (χ2v) is 5.64. The van der Waals surface area contributed by atoms with Crippen molar-refractivity contribution in [3.63, 3.8) is 0 Å². The van der Waals surface area contributed by atoms with Crippen molar-refractivity contribution in [2.45, 2.75) is 31.4 Å². The van der Waals surface area contributed by atoms with E-state index >= 15 is 0 Å². The third-order valence-electron chi connectivity index (χ3n) is 3.96. The summed E-state index contributed by atoms with van der Waals surface area (Å²) in [7, 11) is 3.15. The summed E-state index contributed by atoms with van der Waals surface area (Å²) in [6, 6.07) is 9.50. The Morgan fingerprint density at radius 3 is 2.75 bits per heavy atom. The van der Waals surface area contributed by atoms with Gasteiger partial charge in [-0.2, -0.15) is 10.3 Å². The fraction of sp³-hybridized carbons (Fsp3) is 0.471. The average molecular weight is 331 g/mol. The van der Waals surface area contributed by atoms with Gasteiger partial charge >= 0.3 is 5.97 Å². The summed E-state index contributed by atoms with van der Waals surface area (Å²) >= 11 is 0. The van der Waals surface area contributed by atoms with Gasteiger partial charge in [0.05, 0.1) is 43.7 Å². The number of nitriles is 1. The zero-order valence-electron chi connectivity index (χ0n) is 13.8. The highest BCUT2D eigenvalue weighted by atomic mass is 16.7. The minimum Gasteiger partial charge on any atom is -0.469 e. The van der Waals surface area contributed by atoms with Gasteiger partial charge in [0.25, 0.3) is 0 Å². The van der Waals surface area contributed by atoms with E-state index in [2.05, 4.69) is 16.1 Å². The van der Waals surface area contributed by atoms with Crippen molar-refractivity contribution in [2.75, 3.05) is 20.7 Å². The van der Waals surface area contributed by atoms with Crippen LogP contribution in [0.2, 0.25) is 0 Å². The normalized spacial score (nSPS) is 20.4. The number of hydroxylamine groups is 2. The van der Waals surface area contributed by atoms with Crippen LogP contribution in [0.5, 0.6) is 0 Å². The summed E-state index contributed by atoms with van der Waals surface area (Å²) in [5, 5.41) is 13.3. The van der Waals surface area contributed by atoms with E-state index < -0.39 is 0 Å². The molecule has 2 rings (SSSR count). The highest BCUT2D eigenvalue weighted by molar-refractivity contribution is 5.77. The number of hydrogen-bond acceptors (Lipinski definition) is 6. The molecule has 1 aliphatic rings. The first-order valence-corrected chi connectivity index (χ1v) is 7.76. The van der Waals surface area contributed by atoms with Crippen LogP contribution in [0.15, 0.2) is 24.3 Å². The SMILES string of the molecule is COC(=O)CCNC(=O)C[C@H]1C[C@@H](c2ccc(C#N)cc2)N(C)O1. The van der Waals surface area contributed by atoms with E-state index in [0.29, 0.717) is 12.0 Å². The summed E-state index contributed by atoms with van der Waals surface area (Å²) < 4.78 is 4.52. The molecule has 1 heterocycles. The smallest absolute Gasteiger partial charge is 0.307 e. The molecule has 0 radical (unpaired) electrons. The lowest BCUT2D eigenvalue weighted by Crippen LogP contribution is -2.29. The van der Waals surface area contributed by atoms with Gasteiger partial charge in [-0.1, -0.05) is 12.1 Å². The summed E-state index contributed by atoms with van der Waals surface area (Å²) in [4.78, 5) is 28.6. The number of hydrogen-bond donors (Lipinski definition) is 1. The van der Waals surface area contributed by atoms with Crippen LogP contribution in [-0.2, 0) is 19.2 Å². The summed E-state index contributed by atoms with van der Waals surface area (Å²) in [6.07, 6.45) is 0.862. The molecule has 1 fully saturated rings. The van der Waals surface area contributed by atoms with Crippen LogP contribution in [0.4, 0.5) is 0 Å². The Morgan fingerprint density at radius 1 is 1.42 bits per heavy atom. The first-order chi connectivity index (χ1) is 11.5. The van der Waals surface area contributed by atoms with E-state index in [1.54, 1.807) is 17.2 Å². The third-order valence-corrected chi connectivity index (χ3v) is 3.96. The molecule has 2 atom stereocenters. The van der Waals surface area contributed by atoms with Gasteiger partial charge in [0.1, 0.15) is 0 Å². The maximum absolute atomic E-state index is 11.9. The fourth-order valence-corrected chi connectivity index (χ4v) is 2.68. The second-order valence-electron chi connectivity index (χ2n) is 5.64. The van der Waals surface area contributed by atoms with Crippen molar-refractivity contribution in [2.24, 2.45) is 0 Å². The number of nitrogens with one attached hydrogen (secondary N) is 1. The van der Waals surface area contributed by atoms with E-state index in [0.717, 1.165) is 5.56 Å². The van der Waals surface area contributed by atoms with Crippen molar-refractivity contribution < 1.29 is 19.2 Å². The van der Waals surface area contributed by atoms with Gasteiger partial charge in [0.15, 0.2) is 0 Å². The van der Waals surface area contributed by atoms with Crippen LogP contribution < -0.4 is 5.32 Å². The Hall–Kier alpha value is -2.43. The molecule has 7 nitrogen and oxygen atoms in total. The molecule has 0 bridgehead atoms. The quantitative estimate of drug-likeness (QED) is 0.790. The minimum atomic E-state index is -0.354. The summed E-state index contributed by atoms with van der Waals surface area (Å²) in [5.74, 6) is -0.509. The third kappa shape index (κ3) is 4.78. The molecule has 1 aromatic carbocycles. The highest BCUT2D eigenvalue weighted by Crippen LogP contribution is 2.33. The molecule has 0 spiro atoms. The predicted octanol–water partition coefficient (Wildman–Crippen LogP) is 1.30. The van der Waals surface area contributed by atoms with Crippen LogP contribution in [0, 0.1) is 11.3 Å². The maximum atomic E-state index is 11.9. The zero-order chi connectivity index (χ0) is 17.5. The molecule has 0 aromatic heterocycles. The van der Waals surface area contributed by atoms with Crippen LogP contribution in [-0.4, -0.2) is 43.7 Å². The van der Waals surface area contributed by atoms with Crippen LogP contribution >= 0.6 is 0 Å². The molecule has 1 saturated heterocycles. The van der Waals surface area contributed by atoms with Crippen molar-refractivity contribution in [1.29, 1.82) is 5.26 Å². The van der Waals surface area contributed by atoms with E-state index in [1.807, 2.05) is 19.2 Å². The number of carbonyl (C=O) groups excluding carboxylic acids is 2.